The highest BCUT2D eigenvalue weighted by Crippen LogP contribution is 2.18. The molecule has 1 aromatic heterocycles. The Bertz CT molecular complexity index is 600. The topological polar surface area (TPSA) is 42.0 Å². The van der Waals surface area contributed by atoms with Crippen LogP contribution < -0.4 is 5.32 Å². The maximum atomic E-state index is 12.9. The van der Waals surface area contributed by atoms with Crippen LogP contribution in [-0.2, 0) is 13.0 Å². The normalized spacial score (nSPS) is 10.5. The number of hydrogen-bond acceptors (Lipinski definition) is 3. The third-order valence-electron chi connectivity index (χ3n) is 2.53. The van der Waals surface area contributed by atoms with Gasteiger partial charge in [-0.05, 0) is 40.5 Å². The van der Waals surface area contributed by atoms with E-state index in [0.717, 1.165) is 11.4 Å². The number of rotatable bonds is 4. The van der Waals surface area contributed by atoms with Crippen LogP contribution in [0.4, 0.5) is 4.39 Å². The number of benzene rings is 1. The van der Waals surface area contributed by atoms with Crippen molar-refractivity contribution in [2.45, 2.75) is 19.9 Å². The summed E-state index contributed by atoms with van der Waals surface area (Å²) in [5.74, 6) is -0.629. The van der Waals surface area contributed by atoms with Crippen molar-refractivity contribution < 1.29 is 9.18 Å². The SMILES string of the molecule is CCc1cnc(CNC(=O)c2ccc(F)cc2Br)s1. The number of nitrogens with one attached hydrogen (secondary N) is 1. The number of amides is 1. The van der Waals surface area contributed by atoms with Crippen LogP contribution in [0.1, 0.15) is 27.2 Å². The lowest BCUT2D eigenvalue weighted by atomic mass is 10.2. The van der Waals surface area contributed by atoms with Crippen molar-refractivity contribution in [1.29, 1.82) is 0 Å². The molecule has 6 heteroatoms. The average Bonchev–Trinajstić information content (AvgIpc) is 2.84. The molecule has 1 amide bonds. The van der Waals surface area contributed by atoms with Crippen molar-refractivity contribution in [2.75, 3.05) is 0 Å². The van der Waals surface area contributed by atoms with Crippen LogP contribution in [0, 0.1) is 5.82 Å². The van der Waals surface area contributed by atoms with Crippen molar-refractivity contribution in [3.63, 3.8) is 0 Å². The maximum Gasteiger partial charge on any atom is 0.252 e. The Balaban J connectivity index is 2.01. The highest BCUT2D eigenvalue weighted by molar-refractivity contribution is 9.10. The molecule has 0 aliphatic rings. The van der Waals surface area contributed by atoms with Crippen LogP contribution in [0.15, 0.2) is 28.9 Å². The summed E-state index contributed by atoms with van der Waals surface area (Å²) in [5.41, 5.74) is 0.411. The Morgan fingerprint density at radius 3 is 2.95 bits per heavy atom. The fourth-order valence-electron chi connectivity index (χ4n) is 1.52. The molecule has 100 valence electrons. The Morgan fingerprint density at radius 2 is 2.32 bits per heavy atom. The number of carbonyl (C=O) groups excluding carboxylic acids is 1. The summed E-state index contributed by atoms with van der Waals surface area (Å²) < 4.78 is 13.4. The first-order chi connectivity index (χ1) is 9.10. The molecule has 0 aliphatic heterocycles. The van der Waals surface area contributed by atoms with E-state index in [4.69, 9.17) is 0 Å². The van der Waals surface area contributed by atoms with Gasteiger partial charge in [0.2, 0.25) is 0 Å². The van der Waals surface area contributed by atoms with E-state index in [9.17, 15) is 9.18 Å². The van der Waals surface area contributed by atoms with Gasteiger partial charge < -0.3 is 5.32 Å². The predicted molar refractivity (Wildman–Crippen MR) is 76.8 cm³/mol. The summed E-state index contributed by atoms with van der Waals surface area (Å²) in [7, 11) is 0. The first-order valence-electron chi connectivity index (χ1n) is 5.77. The summed E-state index contributed by atoms with van der Waals surface area (Å²) >= 11 is 4.75. The van der Waals surface area contributed by atoms with Crippen LogP contribution in [0.25, 0.3) is 0 Å². The molecule has 1 N–H and O–H groups in total. The zero-order chi connectivity index (χ0) is 13.8. The standard InChI is InChI=1S/C13H12BrFN2OS/c1-2-9-6-16-12(19-9)7-17-13(18)10-4-3-8(15)5-11(10)14/h3-6H,2,7H2,1H3,(H,17,18). The lowest BCUT2D eigenvalue weighted by molar-refractivity contribution is 0.0950. The molecular weight excluding hydrogens is 331 g/mol. The zero-order valence-corrected chi connectivity index (χ0v) is 12.6. The van der Waals surface area contributed by atoms with Crippen LogP contribution in [0.2, 0.25) is 0 Å². The highest BCUT2D eigenvalue weighted by Gasteiger charge is 2.11. The number of hydrogen-bond donors (Lipinski definition) is 1. The molecule has 0 aliphatic carbocycles. The summed E-state index contributed by atoms with van der Waals surface area (Å²) in [5, 5.41) is 3.63. The minimum atomic E-state index is -0.379. The van der Waals surface area contributed by atoms with E-state index < -0.39 is 0 Å². The molecule has 2 rings (SSSR count). The van der Waals surface area contributed by atoms with Gasteiger partial charge in [-0.15, -0.1) is 11.3 Å². The van der Waals surface area contributed by atoms with Crippen molar-refractivity contribution in [1.82, 2.24) is 10.3 Å². The minimum absolute atomic E-state index is 0.250. The monoisotopic (exact) mass is 342 g/mol. The van der Waals surface area contributed by atoms with Gasteiger partial charge in [-0.3, -0.25) is 4.79 Å². The van der Waals surface area contributed by atoms with Crippen LogP contribution in [-0.4, -0.2) is 10.9 Å². The van der Waals surface area contributed by atoms with E-state index in [2.05, 4.69) is 33.2 Å². The van der Waals surface area contributed by atoms with Crippen LogP contribution >= 0.6 is 27.3 Å². The van der Waals surface area contributed by atoms with E-state index in [1.54, 1.807) is 11.3 Å². The fraction of sp³-hybridized carbons (Fsp3) is 0.231. The number of nitrogens with zero attached hydrogens (tertiary/aromatic N) is 1. The van der Waals surface area contributed by atoms with Gasteiger partial charge in [0.1, 0.15) is 10.8 Å². The zero-order valence-electron chi connectivity index (χ0n) is 10.2. The molecule has 1 heterocycles. The van der Waals surface area contributed by atoms with Crippen molar-refractivity contribution in [3.05, 3.63) is 50.1 Å². The molecule has 2 aromatic rings. The smallest absolute Gasteiger partial charge is 0.252 e. The van der Waals surface area contributed by atoms with E-state index in [1.807, 2.05) is 6.20 Å². The van der Waals surface area contributed by atoms with E-state index in [-0.39, 0.29) is 11.7 Å². The maximum absolute atomic E-state index is 12.9. The second-order valence-electron chi connectivity index (χ2n) is 3.88. The molecule has 0 spiro atoms. The molecule has 0 fully saturated rings. The first-order valence-corrected chi connectivity index (χ1v) is 7.38. The molecule has 3 nitrogen and oxygen atoms in total. The van der Waals surface area contributed by atoms with E-state index in [0.29, 0.717) is 16.6 Å². The van der Waals surface area contributed by atoms with E-state index >= 15 is 0 Å². The van der Waals surface area contributed by atoms with Crippen LogP contribution in [0.5, 0.6) is 0 Å². The van der Waals surface area contributed by atoms with Gasteiger partial charge in [0.25, 0.3) is 5.91 Å². The molecule has 0 unspecified atom stereocenters. The molecule has 0 radical (unpaired) electrons. The minimum Gasteiger partial charge on any atom is -0.345 e. The Labute approximate surface area is 123 Å². The fourth-order valence-corrected chi connectivity index (χ4v) is 2.85. The molecule has 0 atom stereocenters. The second-order valence-corrected chi connectivity index (χ2v) is 5.93. The Kier molecular flexibility index (Phi) is 4.66. The van der Waals surface area contributed by atoms with Gasteiger partial charge in [0.05, 0.1) is 12.1 Å². The van der Waals surface area contributed by atoms with Gasteiger partial charge in [-0.2, -0.15) is 0 Å². The quantitative estimate of drug-likeness (QED) is 0.923. The van der Waals surface area contributed by atoms with Gasteiger partial charge in [-0.1, -0.05) is 6.92 Å². The molecular formula is C13H12BrFN2OS. The van der Waals surface area contributed by atoms with Crippen LogP contribution in [0.3, 0.4) is 0 Å². The average molecular weight is 343 g/mol. The Hall–Kier alpha value is -1.27. The largest absolute Gasteiger partial charge is 0.345 e. The summed E-state index contributed by atoms with van der Waals surface area (Å²) in [4.78, 5) is 17.3. The van der Waals surface area contributed by atoms with Crippen molar-refractivity contribution in [2.24, 2.45) is 0 Å². The third kappa shape index (κ3) is 3.61. The summed E-state index contributed by atoms with van der Waals surface area (Å²) in [6.45, 7) is 2.44. The Morgan fingerprint density at radius 1 is 1.53 bits per heavy atom. The molecule has 0 saturated heterocycles. The lowest BCUT2D eigenvalue weighted by Gasteiger charge is -2.05. The van der Waals surface area contributed by atoms with Gasteiger partial charge >= 0.3 is 0 Å². The molecule has 0 bridgehead atoms. The number of halogens is 2. The predicted octanol–water partition coefficient (Wildman–Crippen LogP) is 3.54. The van der Waals surface area contributed by atoms with Gasteiger partial charge in [-0.25, -0.2) is 9.37 Å². The van der Waals surface area contributed by atoms with Crippen molar-refractivity contribution in [3.8, 4) is 0 Å². The lowest BCUT2D eigenvalue weighted by Crippen LogP contribution is -2.23. The van der Waals surface area contributed by atoms with Crippen molar-refractivity contribution >= 4 is 33.2 Å². The molecule has 1 aromatic carbocycles. The van der Waals surface area contributed by atoms with Gasteiger partial charge in [0, 0.05) is 15.5 Å². The second kappa shape index (κ2) is 6.25. The summed E-state index contributed by atoms with van der Waals surface area (Å²) in [6.07, 6.45) is 2.76. The third-order valence-corrected chi connectivity index (χ3v) is 4.32. The number of aryl methyl sites for hydroxylation is 1. The van der Waals surface area contributed by atoms with E-state index in [1.165, 1.54) is 23.1 Å². The number of aromatic nitrogens is 1. The molecule has 19 heavy (non-hydrogen) atoms. The first kappa shape index (κ1) is 14.1. The summed E-state index contributed by atoms with van der Waals surface area (Å²) in [6, 6.07) is 3.99. The number of thiazole rings is 1. The van der Waals surface area contributed by atoms with Gasteiger partial charge in [0.15, 0.2) is 0 Å². The molecule has 0 saturated carbocycles. The highest BCUT2D eigenvalue weighted by atomic mass is 79.9. The number of carbonyl (C=O) groups is 1.